The van der Waals surface area contributed by atoms with Crippen LogP contribution >= 0.6 is 0 Å². The van der Waals surface area contributed by atoms with Gasteiger partial charge in [-0.1, -0.05) is 62.4 Å². The zero-order chi connectivity index (χ0) is 17.1. The lowest BCUT2D eigenvalue weighted by molar-refractivity contribution is 0.170. The van der Waals surface area contributed by atoms with Crippen molar-refractivity contribution >= 4 is 21.5 Å². The van der Waals surface area contributed by atoms with Crippen LogP contribution in [0, 0.1) is 0 Å². The molecule has 0 fully saturated rings. The molecule has 2 heteroatoms. The summed E-state index contributed by atoms with van der Waals surface area (Å²) in [6.45, 7) is 4.03. The van der Waals surface area contributed by atoms with Gasteiger partial charge in [0.2, 0.25) is 0 Å². The molecule has 0 aliphatic heterocycles. The van der Waals surface area contributed by atoms with Crippen molar-refractivity contribution in [2.24, 2.45) is 0 Å². The second-order valence-corrected chi connectivity index (χ2v) is 6.58. The van der Waals surface area contributed by atoms with Crippen molar-refractivity contribution in [3.8, 4) is 0 Å². The molecular formula is C22H26O2. The van der Waals surface area contributed by atoms with Gasteiger partial charge in [-0.25, -0.2) is 0 Å². The van der Waals surface area contributed by atoms with Crippen molar-refractivity contribution in [2.45, 2.75) is 51.7 Å². The van der Waals surface area contributed by atoms with Gasteiger partial charge in [-0.05, 0) is 58.4 Å². The highest BCUT2D eigenvalue weighted by Gasteiger charge is 2.17. The molecule has 0 radical (unpaired) electrons. The summed E-state index contributed by atoms with van der Waals surface area (Å²) in [6, 6.07) is 16.8. The third kappa shape index (κ3) is 3.17. The maximum atomic E-state index is 10.2. The monoisotopic (exact) mass is 322 g/mol. The quantitative estimate of drug-likeness (QED) is 0.650. The minimum absolute atomic E-state index is 0.330. The number of hydrogen-bond acceptors (Lipinski definition) is 2. The van der Waals surface area contributed by atoms with Crippen molar-refractivity contribution in [3.63, 3.8) is 0 Å². The molecule has 0 heterocycles. The number of benzene rings is 3. The van der Waals surface area contributed by atoms with Crippen LogP contribution in [0.4, 0.5) is 0 Å². The number of fused-ring (bicyclic) bond motifs is 2. The first kappa shape index (κ1) is 16.9. The number of hydrogen-bond donors (Lipinski definition) is 2. The Morgan fingerprint density at radius 2 is 0.917 bits per heavy atom. The first-order valence-corrected chi connectivity index (χ1v) is 8.93. The highest BCUT2D eigenvalue weighted by Crippen LogP contribution is 2.34. The lowest BCUT2D eigenvalue weighted by atomic mass is 9.87. The van der Waals surface area contributed by atoms with E-state index in [0.717, 1.165) is 12.8 Å². The first-order chi connectivity index (χ1) is 11.7. The van der Waals surface area contributed by atoms with Crippen molar-refractivity contribution in [2.75, 3.05) is 0 Å². The summed E-state index contributed by atoms with van der Waals surface area (Å²) in [5.74, 6) is 0. The zero-order valence-electron chi connectivity index (χ0n) is 14.5. The van der Waals surface area contributed by atoms with Crippen LogP contribution in [0.2, 0.25) is 0 Å². The third-order valence-electron chi connectivity index (χ3n) is 4.98. The Morgan fingerprint density at radius 1 is 0.625 bits per heavy atom. The van der Waals surface area contributed by atoms with Crippen LogP contribution in [0.25, 0.3) is 21.5 Å². The van der Waals surface area contributed by atoms with Gasteiger partial charge in [-0.15, -0.1) is 0 Å². The Kier molecular flexibility index (Phi) is 5.17. The summed E-state index contributed by atoms with van der Waals surface area (Å²) in [5.41, 5.74) is 2.43. The molecule has 0 amide bonds. The van der Waals surface area contributed by atoms with Crippen molar-refractivity contribution in [1.29, 1.82) is 0 Å². The molecule has 126 valence electrons. The smallest absolute Gasteiger partial charge is 0.0578 e. The molecule has 2 atom stereocenters. The van der Waals surface area contributed by atoms with E-state index in [0.29, 0.717) is 12.8 Å². The Labute approximate surface area is 143 Å². The average molecular weight is 322 g/mol. The van der Waals surface area contributed by atoms with E-state index in [9.17, 15) is 10.2 Å². The van der Waals surface area contributed by atoms with E-state index < -0.39 is 0 Å². The molecule has 2 nitrogen and oxygen atoms in total. The van der Waals surface area contributed by atoms with E-state index in [1.54, 1.807) is 0 Å². The summed E-state index contributed by atoms with van der Waals surface area (Å²) in [5, 5.41) is 25.3. The molecule has 0 saturated heterocycles. The zero-order valence-corrected chi connectivity index (χ0v) is 14.5. The molecule has 0 aliphatic carbocycles. The summed E-state index contributed by atoms with van der Waals surface area (Å²) in [4.78, 5) is 0. The lowest BCUT2D eigenvalue weighted by Crippen LogP contribution is -2.12. The predicted molar refractivity (Wildman–Crippen MR) is 101 cm³/mol. The second-order valence-electron chi connectivity index (χ2n) is 6.58. The molecule has 2 unspecified atom stereocenters. The van der Waals surface area contributed by atoms with Crippen LogP contribution in [-0.2, 0) is 12.8 Å². The van der Waals surface area contributed by atoms with E-state index in [4.69, 9.17) is 0 Å². The van der Waals surface area contributed by atoms with Gasteiger partial charge in [0.05, 0.1) is 12.2 Å². The normalized spacial score (nSPS) is 14.2. The average Bonchev–Trinajstić information content (AvgIpc) is 2.63. The minimum atomic E-state index is -0.330. The highest BCUT2D eigenvalue weighted by molar-refractivity contribution is 6.05. The SMILES string of the molecule is CCC(O)Cc1c2ccccc2c(CC(O)CC)c2ccccc12. The molecule has 3 aromatic carbocycles. The molecule has 3 rings (SSSR count). The Balaban J connectivity index is 2.32. The Morgan fingerprint density at radius 3 is 1.17 bits per heavy atom. The van der Waals surface area contributed by atoms with Crippen molar-refractivity contribution in [3.05, 3.63) is 59.7 Å². The van der Waals surface area contributed by atoms with Crippen LogP contribution in [0.5, 0.6) is 0 Å². The largest absolute Gasteiger partial charge is 0.393 e. The molecule has 24 heavy (non-hydrogen) atoms. The Hall–Kier alpha value is -1.90. The van der Waals surface area contributed by atoms with E-state index in [1.807, 2.05) is 13.8 Å². The fraction of sp³-hybridized carbons (Fsp3) is 0.364. The lowest BCUT2D eigenvalue weighted by Gasteiger charge is -2.19. The molecule has 2 N–H and O–H groups in total. The first-order valence-electron chi connectivity index (χ1n) is 8.93. The van der Waals surface area contributed by atoms with Gasteiger partial charge < -0.3 is 10.2 Å². The maximum Gasteiger partial charge on any atom is 0.0578 e. The molecule has 3 aromatic rings. The highest BCUT2D eigenvalue weighted by atomic mass is 16.3. The summed E-state index contributed by atoms with van der Waals surface area (Å²) in [7, 11) is 0. The van der Waals surface area contributed by atoms with Gasteiger partial charge in [-0.2, -0.15) is 0 Å². The van der Waals surface area contributed by atoms with Crippen molar-refractivity contribution < 1.29 is 10.2 Å². The number of aliphatic hydroxyl groups excluding tert-OH is 2. The summed E-state index contributed by atoms with van der Waals surface area (Å²) in [6.07, 6.45) is 2.16. The minimum Gasteiger partial charge on any atom is -0.393 e. The van der Waals surface area contributed by atoms with E-state index >= 15 is 0 Å². The van der Waals surface area contributed by atoms with Crippen LogP contribution < -0.4 is 0 Å². The van der Waals surface area contributed by atoms with Gasteiger partial charge in [0.25, 0.3) is 0 Å². The summed E-state index contributed by atoms with van der Waals surface area (Å²) < 4.78 is 0. The fourth-order valence-electron chi connectivity index (χ4n) is 3.51. The molecule has 0 saturated carbocycles. The Bertz CT molecular complexity index is 711. The second kappa shape index (κ2) is 7.33. The van der Waals surface area contributed by atoms with E-state index in [1.165, 1.54) is 32.7 Å². The summed E-state index contributed by atoms with van der Waals surface area (Å²) >= 11 is 0. The number of rotatable bonds is 6. The third-order valence-corrected chi connectivity index (χ3v) is 4.98. The van der Waals surface area contributed by atoms with Crippen LogP contribution in [0.3, 0.4) is 0 Å². The fourth-order valence-corrected chi connectivity index (χ4v) is 3.51. The van der Waals surface area contributed by atoms with Crippen molar-refractivity contribution in [1.82, 2.24) is 0 Å². The predicted octanol–water partition coefficient (Wildman–Crippen LogP) is 4.62. The van der Waals surface area contributed by atoms with Gasteiger partial charge in [0.1, 0.15) is 0 Å². The number of aliphatic hydroxyl groups is 2. The standard InChI is InChI=1S/C22H26O2/c1-3-15(23)13-21-17-9-5-7-11-19(17)22(14-16(24)4-2)20-12-8-6-10-18(20)21/h5-12,15-16,23-24H,3-4,13-14H2,1-2H3. The van der Waals surface area contributed by atoms with Gasteiger partial charge in [0.15, 0.2) is 0 Å². The maximum absolute atomic E-state index is 10.2. The van der Waals surface area contributed by atoms with Crippen LogP contribution in [-0.4, -0.2) is 22.4 Å². The van der Waals surface area contributed by atoms with E-state index in [2.05, 4.69) is 48.5 Å². The molecular weight excluding hydrogens is 296 g/mol. The van der Waals surface area contributed by atoms with Gasteiger partial charge in [-0.3, -0.25) is 0 Å². The van der Waals surface area contributed by atoms with Gasteiger partial charge in [0, 0.05) is 0 Å². The molecule has 0 spiro atoms. The molecule has 0 aromatic heterocycles. The topological polar surface area (TPSA) is 40.5 Å². The van der Waals surface area contributed by atoms with Crippen LogP contribution in [0.15, 0.2) is 48.5 Å². The van der Waals surface area contributed by atoms with Crippen LogP contribution in [0.1, 0.15) is 37.8 Å². The molecule has 0 aliphatic rings. The van der Waals surface area contributed by atoms with E-state index in [-0.39, 0.29) is 12.2 Å². The molecule has 0 bridgehead atoms. The van der Waals surface area contributed by atoms with Gasteiger partial charge >= 0.3 is 0 Å².